The standard InChI is InChI=1S/C20H36O3Si/c1-17(22-16-18-12-8-7-9-13-18)19(21)14-10-11-15-23-24(5,6)20(2,3)4/h7-9,12-13,17,19,21H,10-11,14-16H2,1-6H3/t17-,19-/m0/s1. The van der Waals surface area contributed by atoms with Gasteiger partial charge in [-0.25, -0.2) is 0 Å². The Morgan fingerprint density at radius 1 is 1.08 bits per heavy atom. The van der Waals surface area contributed by atoms with Crippen molar-refractivity contribution in [1.82, 2.24) is 0 Å². The molecule has 0 heterocycles. The van der Waals surface area contributed by atoms with Gasteiger partial charge >= 0.3 is 0 Å². The zero-order valence-corrected chi connectivity index (χ0v) is 17.3. The third kappa shape index (κ3) is 7.47. The van der Waals surface area contributed by atoms with Crippen LogP contribution in [0.25, 0.3) is 0 Å². The van der Waals surface area contributed by atoms with Crippen LogP contribution in [0.4, 0.5) is 0 Å². The molecule has 0 radical (unpaired) electrons. The third-order valence-corrected chi connectivity index (χ3v) is 9.60. The van der Waals surface area contributed by atoms with Crippen LogP contribution in [0.15, 0.2) is 30.3 Å². The molecule has 1 aromatic rings. The van der Waals surface area contributed by atoms with Gasteiger partial charge < -0.3 is 14.3 Å². The summed E-state index contributed by atoms with van der Waals surface area (Å²) >= 11 is 0. The van der Waals surface area contributed by atoms with Gasteiger partial charge in [-0.3, -0.25) is 0 Å². The van der Waals surface area contributed by atoms with Gasteiger partial charge in [0.15, 0.2) is 8.32 Å². The number of unbranched alkanes of at least 4 members (excludes halogenated alkanes) is 1. The van der Waals surface area contributed by atoms with Crippen molar-refractivity contribution < 1.29 is 14.3 Å². The summed E-state index contributed by atoms with van der Waals surface area (Å²) in [6.45, 7) is 14.6. The Morgan fingerprint density at radius 3 is 2.29 bits per heavy atom. The highest BCUT2D eigenvalue weighted by atomic mass is 28.4. The van der Waals surface area contributed by atoms with E-state index in [2.05, 4.69) is 33.9 Å². The van der Waals surface area contributed by atoms with Crippen molar-refractivity contribution >= 4 is 8.32 Å². The summed E-state index contributed by atoms with van der Waals surface area (Å²) in [5.41, 5.74) is 1.14. The Morgan fingerprint density at radius 2 is 1.71 bits per heavy atom. The summed E-state index contributed by atoms with van der Waals surface area (Å²) in [7, 11) is -1.64. The molecule has 0 aliphatic heterocycles. The molecule has 4 heteroatoms. The van der Waals surface area contributed by atoms with Crippen LogP contribution in [0, 0.1) is 0 Å². The first-order valence-electron chi connectivity index (χ1n) is 9.11. The van der Waals surface area contributed by atoms with Gasteiger partial charge in [0, 0.05) is 6.61 Å². The highest BCUT2D eigenvalue weighted by molar-refractivity contribution is 6.74. The van der Waals surface area contributed by atoms with Crippen LogP contribution in [0.2, 0.25) is 18.1 Å². The van der Waals surface area contributed by atoms with Gasteiger partial charge in [-0.2, -0.15) is 0 Å². The molecule has 0 aliphatic carbocycles. The SMILES string of the molecule is C[C@H](OCc1ccccc1)[C@@H](O)CCCCO[Si](C)(C)C(C)(C)C. The molecule has 2 atom stereocenters. The zero-order valence-electron chi connectivity index (χ0n) is 16.3. The first kappa shape index (κ1) is 21.4. The lowest BCUT2D eigenvalue weighted by molar-refractivity contribution is -0.0389. The van der Waals surface area contributed by atoms with Crippen LogP contribution < -0.4 is 0 Å². The molecule has 0 aromatic heterocycles. The van der Waals surface area contributed by atoms with Gasteiger partial charge in [-0.1, -0.05) is 51.1 Å². The smallest absolute Gasteiger partial charge is 0.191 e. The lowest BCUT2D eigenvalue weighted by atomic mass is 10.1. The summed E-state index contributed by atoms with van der Waals surface area (Å²) in [5, 5.41) is 10.5. The molecule has 1 rings (SSSR count). The predicted molar refractivity (Wildman–Crippen MR) is 104 cm³/mol. The minimum absolute atomic E-state index is 0.147. The van der Waals surface area contributed by atoms with Gasteiger partial charge in [0.1, 0.15) is 0 Å². The summed E-state index contributed by atoms with van der Waals surface area (Å²) in [6.07, 6.45) is 2.16. The second-order valence-corrected chi connectivity index (χ2v) is 13.0. The molecule has 1 aromatic carbocycles. The fourth-order valence-electron chi connectivity index (χ4n) is 2.15. The van der Waals surface area contributed by atoms with Crippen LogP contribution in [-0.2, 0) is 15.8 Å². The summed E-state index contributed by atoms with van der Waals surface area (Å²) < 4.78 is 11.9. The Hall–Kier alpha value is -0.683. The minimum atomic E-state index is -1.64. The van der Waals surface area contributed by atoms with Crippen molar-refractivity contribution in [3.05, 3.63) is 35.9 Å². The van der Waals surface area contributed by atoms with Gasteiger partial charge in [0.2, 0.25) is 0 Å². The normalized spacial score (nSPS) is 15.3. The maximum atomic E-state index is 10.2. The predicted octanol–water partition coefficient (Wildman–Crippen LogP) is 5.14. The molecule has 0 bridgehead atoms. The highest BCUT2D eigenvalue weighted by Crippen LogP contribution is 2.36. The second-order valence-electron chi connectivity index (χ2n) is 8.17. The van der Waals surface area contributed by atoms with Crippen molar-refractivity contribution in [3.8, 4) is 0 Å². The first-order chi connectivity index (χ1) is 11.1. The molecule has 0 spiro atoms. The van der Waals surface area contributed by atoms with E-state index >= 15 is 0 Å². The van der Waals surface area contributed by atoms with Crippen molar-refractivity contribution in [2.45, 2.75) is 83.9 Å². The molecule has 0 saturated heterocycles. The quantitative estimate of drug-likeness (QED) is 0.468. The first-order valence-corrected chi connectivity index (χ1v) is 12.0. The third-order valence-electron chi connectivity index (χ3n) is 5.06. The molecule has 3 nitrogen and oxygen atoms in total. The number of hydrogen-bond donors (Lipinski definition) is 1. The Balaban J connectivity index is 2.18. The van der Waals surface area contributed by atoms with Gasteiger partial charge in [0.05, 0.1) is 18.8 Å². The highest BCUT2D eigenvalue weighted by Gasteiger charge is 2.36. The number of hydrogen-bond acceptors (Lipinski definition) is 3. The van der Waals surface area contributed by atoms with Gasteiger partial charge in [-0.15, -0.1) is 0 Å². The summed E-state index contributed by atoms with van der Waals surface area (Å²) in [5.74, 6) is 0. The molecule has 0 fully saturated rings. The maximum Gasteiger partial charge on any atom is 0.191 e. The topological polar surface area (TPSA) is 38.7 Å². The van der Waals surface area contributed by atoms with Crippen molar-refractivity contribution in [1.29, 1.82) is 0 Å². The van der Waals surface area contributed by atoms with Gasteiger partial charge in [-0.05, 0) is 49.9 Å². The molecule has 0 amide bonds. The lowest BCUT2D eigenvalue weighted by Crippen LogP contribution is -2.41. The van der Waals surface area contributed by atoms with E-state index < -0.39 is 14.4 Å². The van der Waals surface area contributed by atoms with Crippen molar-refractivity contribution in [2.75, 3.05) is 6.61 Å². The molecular weight excluding hydrogens is 316 g/mol. The van der Waals surface area contributed by atoms with E-state index in [9.17, 15) is 5.11 Å². The van der Waals surface area contributed by atoms with E-state index in [0.29, 0.717) is 6.61 Å². The molecule has 0 saturated carbocycles. The van der Waals surface area contributed by atoms with E-state index in [1.54, 1.807) is 0 Å². The van der Waals surface area contributed by atoms with Crippen molar-refractivity contribution in [3.63, 3.8) is 0 Å². The number of rotatable bonds is 10. The average molecular weight is 353 g/mol. The number of aliphatic hydroxyl groups is 1. The van der Waals surface area contributed by atoms with Crippen molar-refractivity contribution in [2.24, 2.45) is 0 Å². The summed E-state index contributed by atoms with van der Waals surface area (Å²) in [4.78, 5) is 0. The second kappa shape index (κ2) is 9.71. The Labute approximate surface area is 149 Å². The number of aliphatic hydroxyl groups excluding tert-OH is 1. The van der Waals surface area contributed by atoms with E-state index in [0.717, 1.165) is 31.4 Å². The maximum absolute atomic E-state index is 10.2. The number of benzene rings is 1. The van der Waals surface area contributed by atoms with Gasteiger partial charge in [0.25, 0.3) is 0 Å². The molecule has 138 valence electrons. The molecule has 0 unspecified atom stereocenters. The lowest BCUT2D eigenvalue weighted by Gasteiger charge is -2.36. The molecule has 1 N–H and O–H groups in total. The Kier molecular flexibility index (Phi) is 8.64. The van der Waals surface area contributed by atoms with Crippen LogP contribution in [-0.4, -0.2) is 32.2 Å². The fraction of sp³-hybridized carbons (Fsp3) is 0.700. The van der Waals surface area contributed by atoms with E-state index in [-0.39, 0.29) is 11.1 Å². The van der Waals surface area contributed by atoms with E-state index in [4.69, 9.17) is 9.16 Å². The number of ether oxygens (including phenoxy) is 1. The largest absolute Gasteiger partial charge is 0.417 e. The van der Waals surface area contributed by atoms with Crippen LogP contribution in [0.3, 0.4) is 0 Å². The minimum Gasteiger partial charge on any atom is -0.417 e. The molecule has 0 aliphatic rings. The average Bonchev–Trinajstić information content (AvgIpc) is 2.51. The molecular formula is C20H36O3Si. The summed E-state index contributed by atoms with van der Waals surface area (Å²) in [6, 6.07) is 10.1. The van der Waals surface area contributed by atoms with E-state index in [1.165, 1.54) is 0 Å². The monoisotopic (exact) mass is 352 g/mol. The Bertz CT molecular complexity index is 454. The molecule has 24 heavy (non-hydrogen) atoms. The van der Waals surface area contributed by atoms with Crippen LogP contribution >= 0.6 is 0 Å². The fourth-order valence-corrected chi connectivity index (χ4v) is 3.23. The van der Waals surface area contributed by atoms with Crippen LogP contribution in [0.5, 0.6) is 0 Å². The van der Waals surface area contributed by atoms with E-state index in [1.807, 2.05) is 37.3 Å². The zero-order chi connectivity index (χ0) is 18.2. The van der Waals surface area contributed by atoms with Crippen LogP contribution in [0.1, 0.15) is 52.5 Å².